The highest BCUT2D eigenvalue weighted by Gasteiger charge is 2.41. The van der Waals surface area contributed by atoms with E-state index < -0.39 is 0 Å². The van der Waals surface area contributed by atoms with E-state index in [4.69, 9.17) is 5.73 Å². The van der Waals surface area contributed by atoms with Gasteiger partial charge in [0.2, 0.25) is 5.91 Å². The van der Waals surface area contributed by atoms with Gasteiger partial charge < -0.3 is 11.1 Å². The van der Waals surface area contributed by atoms with Crippen LogP contribution in [0.3, 0.4) is 0 Å². The summed E-state index contributed by atoms with van der Waals surface area (Å²) in [6.45, 7) is 2.43. The summed E-state index contributed by atoms with van der Waals surface area (Å²) in [6.07, 6.45) is 2.70. The zero-order chi connectivity index (χ0) is 14.6. The van der Waals surface area contributed by atoms with Gasteiger partial charge in [0.1, 0.15) is 0 Å². The Kier molecular flexibility index (Phi) is 4.55. The second-order valence-electron chi connectivity index (χ2n) is 5.73. The van der Waals surface area contributed by atoms with E-state index in [1.807, 2.05) is 25.1 Å². The molecule has 0 saturated heterocycles. The molecule has 1 amide bonds. The lowest BCUT2D eigenvalue weighted by Gasteiger charge is -2.29. The topological polar surface area (TPSA) is 72.2 Å². The van der Waals surface area contributed by atoms with Gasteiger partial charge >= 0.3 is 0 Å². The van der Waals surface area contributed by atoms with Crippen molar-refractivity contribution in [1.29, 1.82) is 0 Å². The molecule has 1 aromatic rings. The largest absolute Gasteiger partial charge is 0.349 e. The van der Waals surface area contributed by atoms with Crippen molar-refractivity contribution in [1.82, 2.24) is 5.32 Å². The number of amides is 1. The Labute approximate surface area is 119 Å². The molecule has 0 bridgehead atoms. The molecule has 1 atom stereocenters. The van der Waals surface area contributed by atoms with Gasteiger partial charge in [-0.2, -0.15) is 0 Å². The summed E-state index contributed by atoms with van der Waals surface area (Å²) in [4.78, 5) is 23.9. The maximum atomic E-state index is 12.0. The zero-order valence-corrected chi connectivity index (χ0v) is 11.9. The van der Waals surface area contributed by atoms with Crippen LogP contribution in [0, 0.1) is 5.92 Å². The standard InChI is InChI=1S/C16H22N2O2/c1-16(11-17,13-7-8-13)18-15(20)10-9-14(19)12-5-3-2-4-6-12/h2-6,13H,7-11,17H2,1H3,(H,18,20). The summed E-state index contributed by atoms with van der Waals surface area (Å²) in [5.74, 6) is 0.400. The molecule has 1 fully saturated rings. The lowest BCUT2D eigenvalue weighted by molar-refractivity contribution is -0.123. The fraction of sp³-hybridized carbons (Fsp3) is 0.500. The highest BCUT2D eigenvalue weighted by Crippen LogP contribution is 2.38. The van der Waals surface area contributed by atoms with E-state index in [-0.39, 0.29) is 30.1 Å². The monoisotopic (exact) mass is 274 g/mol. The minimum Gasteiger partial charge on any atom is -0.349 e. The summed E-state index contributed by atoms with van der Waals surface area (Å²) in [5, 5.41) is 3.00. The number of nitrogens with one attached hydrogen (secondary N) is 1. The Morgan fingerprint density at radius 1 is 1.25 bits per heavy atom. The number of rotatable bonds is 7. The molecule has 108 valence electrons. The quantitative estimate of drug-likeness (QED) is 0.746. The molecule has 1 aliphatic carbocycles. The first kappa shape index (κ1) is 14.7. The van der Waals surface area contributed by atoms with Gasteiger partial charge in [0.25, 0.3) is 0 Å². The molecule has 1 unspecified atom stereocenters. The van der Waals surface area contributed by atoms with Crippen LogP contribution in [0.2, 0.25) is 0 Å². The number of nitrogens with two attached hydrogens (primary N) is 1. The fourth-order valence-electron chi connectivity index (χ4n) is 2.42. The number of Topliss-reactive ketones (excluding diaryl/α,β-unsaturated/α-hetero) is 1. The van der Waals surface area contributed by atoms with Crippen LogP contribution in [0.4, 0.5) is 0 Å². The predicted octanol–water partition coefficient (Wildman–Crippen LogP) is 1.89. The second kappa shape index (κ2) is 6.18. The molecule has 0 aromatic heterocycles. The molecule has 3 N–H and O–H groups in total. The number of carbonyl (C=O) groups excluding carboxylic acids is 2. The Morgan fingerprint density at radius 3 is 2.45 bits per heavy atom. The van der Waals surface area contributed by atoms with Gasteiger partial charge in [-0.25, -0.2) is 0 Å². The molecule has 0 aliphatic heterocycles. The van der Waals surface area contributed by atoms with E-state index in [1.165, 1.54) is 0 Å². The maximum absolute atomic E-state index is 12.0. The van der Waals surface area contributed by atoms with Crippen LogP contribution < -0.4 is 11.1 Å². The highest BCUT2D eigenvalue weighted by atomic mass is 16.2. The minimum absolute atomic E-state index is 0.00150. The first-order valence-electron chi connectivity index (χ1n) is 7.14. The third-order valence-corrected chi connectivity index (χ3v) is 4.00. The van der Waals surface area contributed by atoms with Crippen LogP contribution in [0.15, 0.2) is 30.3 Å². The van der Waals surface area contributed by atoms with Crippen LogP contribution in [0.5, 0.6) is 0 Å². The van der Waals surface area contributed by atoms with E-state index in [0.717, 1.165) is 12.8 Å². The van der Waals surface area contributed by atoms with Gasteiger partial charge in [-0.15, -0.1) is 0 Å². The molecule has 0 spiro atoms. The number of hydrogen-bond acceptors (Lipinski definition) is 3. The first-order chi connectivity index (χ1) is 9.55. The molecule has 4 heteroatoms. The van der Waals surface area contributed by atoms with Gasteiger partial charge in [0, 0.05) is 24.9 Å². The van der Waals surface area contributed by atoms with Crippen LogP contribution in [-0.2, 0) is 4.79 Å². The summed E-state index contributed by atoms with van der Waals surface area (Å²) < 4.78 is 0. The van der Waals surface area contributed by atoms with Crippen molar-refractivity contribution in [3.05, 3.63) is 35.9 Å². The van der Waals surface area contributed by atoms with Crippen molar-refractivity contribution in [2.45, 2.75) is 38.1 Å². The maximum Gasteiger partial charge on any atom is 0.220 e. The molecular weight excluding hydrogens is 252 g/mol. The molecule has 4 nitrogen and oxygen atoms in total. The van der Waals surface area contributed by atoms with Crippen molar-refractivity contribution >= 4 is 11.7 Å². The fourth-order valence-corrected chi connectivity index (χ4v) is 2.42. The number of carbonyl (C=O) groups is 2. The van der Waals surface area contributed by atoms with Crippen molar-refractivity contribution in [3.8, 4) is 0 Å². The van der Waals surface area contributed by atoms with Gasteiger partial charge in [0.15, 0.2) is 5.78 Å². The van der Waals surface area contributed by atoms with Crippen molar-refractivity contribution in [2.75, 3.05) is 6.54 Å². The zero-order valence-electron chi connectivity index (χ0n) is 11.9. The van der Waals surface area contributed by atoms with Crippen molar-refractivity contribution in [2.24, 2.45) is 11.7 Å². The van der Waals surface area contributed by atoms with Gasteiger partial charge in [-0.3, -0.25) is 9.59 Å². The Hall–Kier alpha value is -1.68. The van der Waals surface area contributed by atoms with Crippen LogP contribution >= 0.6 is 0 Å². The minimum atomic E-state index is -0.313. The van der Waals surface area contributed by atoms with Gasteiger partial charge in [-0.1, -0.05) is 30.3 Å². The van der Waals surface area contributed by atoms with E-state index in [9.17, 15) is 9.59 Å². The van der Waals surface area contributed by atoms with E-state index in [0.29, 0.717) is 18.0 Å². The van der Waals surface area contributed by atoms with Gasteiger partial charge in [0.05, 0.1) is 5.54 Å². The molecule has 20 heavy (non-hydrogen) atoms. The van der Waals surface area contributed by atoms with Crippen LogP contribution in [-0.4, -0.2) is 23.8 Å². The lowest BCUT2D eigenvalue weighted by atomic mass is 9.95. The molecule has 1 saturated carbocycles. The van der Waals surface area contributed by atoms with E-state index >= 15 is 0 Å². The first-order valence-corrected chi connectivity index (χ1v) is 7.14. The van der Waals surface area contributed by atoms with E-state index in [2.05, 4.69) is 5.32 Å². The van der Waals surface area contributed by atoms with Crippen LogP contribution in [0.1, 0.15) is 43.0 Å². The number of ketones is 1. The highest BCUT2D eigenvalue weighted by molar-refractivity contribution is 5.97. The summed E-state index contributed by atoms with van der Waals surface area (Å²) >= 11 is 0. The van der Waals surface area contributed by atoms with E-state index in [1.54, 1.807) is 12.1 Å². The third kappa shape index (κ3) is 3.67. The van der Waals surface area contributed by atoms with Gasteiger partial charge in [-0.05, 0) is 25.7 Å². The molecule has 2 rings (SSSR count). The Bertz CT molecular complexity index is 483. The number of benzene rings is 1. The predicted molar refractivity (Wildman–Crippen MR) is 78.3 cm³/mol. The Morgan fingerprint density at radius 2 is 1.90 bits per heavy atom. The molecule has 1 aliphatic rings. The van der Waals surface area contributed by atoms with Crippen LogP contribution in [0.25, 0.3) is 0 Å². The average molecular weight is 274 g/mol. The third-order valence-electron chi connectivity index (χ3n) is 4.00. The van der Waals surface area contributed by atoms with Crippen molar-refractivity contribution < 1.29 is 9.59 Å². The molecule has 1 aromatic carbocycles. The second-order valence-corrected chi connectivity index (χ2v) is 5.73. The lowest BCUT2D eigenvalue weighted by Crippen LogP contribution is -2.53. The number of hydrogen-bond donors (Lipinski definition) is 2. The SMILES string of the molecule is CC(CN)(NC(=O)CCC(=O)c1ccccc1)C1CC1. The summed E-state index contributed by atoms with van der Waals surface area (Å²) in [6, 6.07) is 9.06. The summed E-state index contributed by atoms with van der Waals surface area (Å²) in [5.41, 5.74) is 6.11. The molecule has 0 radical (unpaired) electrons. The average Bonchev–Trinajstić information content (AvgIpc) is 3.30. The Balaban J connectivity index is 1.82. The normalized spacial score (nSPS) is 17.3. The van der Waals surface area contributed by atoms with Crippen molar-refractivity contribution in [3.63, 3.8) is 0 Å². The molecule has 0 heterocycles. The molecular formula is C16H22N2O2. The summed E-state index contributed by atoms with van der Waals surface area (Å²) in [7, 11) is 0. The smallest absolute Gasteiger partial charge is 0.220 e.